The number of hydrogen-bond acceptors (Lipinski definition) is 5. The van der Waals surface area contributed by atoms with Gasteiger partial charge in [0, 0.05) is 14.2 Å². The van der Waals surface area contributed by atoms with Gasteiger partial charge in [-0.05, 0) is 0 Å². The summed E-state index contributed by atoms with van der Waals surface area (Å²) in [5, 5.41) is 6.35. The third-order valence-electron chi connectivity index (χ3n) is 1.89. The van der Waals surface area contributed by atoms with Crippen molar-refractivity contribution in [2.45, 2.75) is 12.6 Å². The number of hydrogen-bond donors (Lipinski definition) is 2. The van der Waals surface area contributed by atoms with Crippen LogP contribution in [0.3, 0.4) is 0 Å². The second kappa shape index (κ2) is 5.42. The van der Waals surface area contributed by atoms with E-state index in [9.17, 15) is 4.79 Å². The van der Waals surface area contributed by atoms with E-state index in [1.54, 1.807) is 7.05 Å². The quantitative estimate of drug-likeness (QED) is 0.636. The van der Waals surface area contributed by atoms with Crippen molar-refractivity contribution in [3.63, 3.8) is 0 Å². The van der Waals surface area contributed by atoms with E-state index < -0.39 is 6.04 Å². The smallest absolute Gasteiger partial charge is 0.242 e. The minimum atomic E-state index is -0.636. The summed E-state index contributed by atoms with van der Waals surface area (Å²) < 4.78 is 4.80. The van der Waals surface area contributed by atoms with Crippen LogP contribution in [0.1, 0.15) is 5.82 Å². The van der Waals surface area contributed by atoms with Gasteiger partial charge in [-0.3, -0.25) is 9.89 Å². The standard InChI is InChI=1S/C8H15N5O2/c1-13(3-7-10-5-11-12-7)8(14)6(9)4-15-2/h5-6H,3-4,9H2,1-2H3,(H,10,11,12). The summed E-state index contributed by atoms with van der Waals surface area (Å²) in [6, 6.07) is -0.636. The van der Waals surface area contributed by atoms with Crippen LogP contribution in [0.2, 0.25) is 0 Å². The van der Waals surface area contributed by atoms with Gasteiger partial charge in [0.05, 0.1) is 13.2 Å². The maximum absolute atomic E-state index is 11.6. The maximum Gasteiger partial charge on any atom is 0.242 e. The van der Waals surface area contributed by atoms with Crippen LogP contribution in [0, 0.1) is 0 Å². The van der Waals surface area contributed by atoms with Gasteiger partial charge in [0.1, 0.15) is 18.2 Å². The SMILES string of the molecule is COCC(N)C(=O)N(C)Cc1ncn[nH]1. The van der Waals surface area contributed by atoms with Gasteiger partial charge in [-0.2, -0.15) is 5.10 Å². The van der Waals surface area contributed by atoms with Gasteiger partial charge < -0.3 is 15.4 Å². The number of amides is 1. The summed E-state index contributed by atoms with van der Waals surface area (Å²) in [5.41, 5.74) is 5.60. The summed E-state index contributed by atoms with van der Waals surface area (Å²) in [6.07, 6.45) is 1.39. The average Bonchev–Trinajstić information content (AvgIpc) is 2.69. The number of rotatable bonds is 5. The van der Waals surface area contributed by atoms with E-state index in [4.69, 9.17) is 10.5 Å². The van der Waals surface area contributed by atoms with Crippen molar-refractivity contribution in [1.29, 1.82) is 0 Å². The van der Waals surface area contributed by atoms with Gasteiger partial charge in [-0.1, -0.05) is 0 Å². The fourth-order valence-electron chi connectivity index (χ4n) is 1.14. The van der Waals surface area contributed by atoms with Crippen molar-refractivity contribution in [1.82, 2.24) is 20.1 Å². The second-order valence-electron chi connectivity index (χ2n) is 3.19. The van der Waals surface area contributed by atoms with Gasteiger partial charge in [0.2, 0.25) is 5.91 Å². The minimum Gasteiger partial charge on any atom is -0.383 e. The highest BCUT2D eigenvalue weighted by molar-refractivity contribution is 5.81. The van der Waals surface area contributed by atoms with Crippen molar-refractivity contribution in [3.05, 3.63) is 12.2 Å². The topological polar surface area (TPSA) is 97.1 Å². The maximum atomic E-state index is 11.6. The molecule has 0 saturated heterocycles. The number of carbonyl (C=O) groups excluding carboxylic acids is 1. The van der Waals surface area contributed by atoms with E-state index in [2.05, 4.69) is 15.2 Å². The Labute approximate surface area is 87.6 Å². The number of methoxy groups -OCH3 is 1. The lowest BCUT2D eigenvalue weighted by Gasteiger charge is -2.19. The van der Waals surface area contributed by atoms with E-state index in [1.165, 1.54) is 18.3 Å². The largest absolute Gasteiger partial charge is 0.383 e. The Bertz CT molecular complexity index is 300. The van der Waals surface area contributed by atoms with Gasteiger partial charge in [0.15, 0.2) is 0 Å². The van der Waals surface area contributed by atoms with Gasteiger partial charge in [-0.15, -0.1) is 0 Å². The Morgan fingerprint density at radius 3 is 3.07 bits per heavy atom. The molecule has 84 valence electrons. The molecule has 1 amide bonds. The Morgan fingerprint density at radius 2 is 2.53 bits per heavy atom. The lowest BCUT2D eigenvalue weighted by Crippen LogP contribution is -2.44. The molecule has 1 rings (SSSR count). The van der Waals surface area contributed by atoms with E-state index >= 15 is 0 Å². The molecule has 1 heterocycles. The highest BCUT2D eigenvalue weighted by Gasteiger charge is 2.18. The van der Waals surface area contributed by atoms with Gasteiger partial charge >= 0.3 is 0 Å². The summed E-state index contributed by atoms with van der Waals surface area (Å²) >= 11 is 0. The number of nitrogens with zero attached hydrogens (tertiary/aromatic N) is 3. The normalized spacial score (nSPS) is 12.5. The molecule has 0 aliphatic carbocycles. The summed E-state index contributed by atoms with van der Waals surface area (Å²) in [5.74, 6) is 0.434. The molecule has 0 fully saturated rings. The number of carbonyl (C=O) groups is 1. The van der Waals surface area contributed by atoms with Gasteiger partial charge in [0.25, 0.3) is 0 Å². The van der Waals surface area contributed by atoms with Crippen molar-refractivity contribution < 1.29 is 9.53 Å². The van der Waals surface area contributed by atoms with Crippen molar-refractivity contribution in [2.75, 3.05) is 20.8 Å². The first kappa shape index (κ1) is 11.6. The van der Waals surface area contributed by atoms with Crippen LogP contribution in [-0.2, 0) is 16.1 Å². The predicted octanol–water partition coefficient (Wildman–Crippen LogP) is -1.26. The number of likely N-dealkylation sites (N-methyl/N-ethyl adjacent to an activating group) is 1. The number of aromatic amines is 1. The van der Waals surface area contributed by atoms with E-state index in [0.717, 1.165) is 0 Å². The molecule has 7 heteroatoms. The molecule has 15 heavy (non-hydrogen) atoms. The molecule has 0 spiro atoms. The summed E-state index contributed by atoms with van der Waals surface area (Å²) in [6.45, 7) is 0.565. The van der Waals surface area contributed by atoms with Crippen LogP contribution in [0.5, 0.6) is 0 Å². The zero-order valence-electron chi connectivity index (χ0n) is 8.80. The molecule has 1 atom stereocenters. The van der Waals surface area contributed by atoms with E-state index in [1.807, 2.05) is 0 Å². The molecule has 3 N–H and O–H groups in total. The number of nitrogens with two attached hydrogens (primary N) is 1. The molecule has 0 radical (unpaired) electrons. The Kier molecular flexibility index (Phi) is 4.19. The van der Waals surface area contributed by atoms with Crippen LogP contribution >= 0.6 is 0 Å². The van der Waals surface area contributed by atoms with Crippen LogP contribution in [0.15, 0.2) is 6.33 Å². The molecule has 0 aromatic carbocycles. The molecular weight excluding hydrogens is 198 g/mol. The fraction of sp³-hybridized carbons (Fsp3) is 0.625. The average molecular weight is 213 g/mol. The summed E-state index contributed by atoms with van der Waals surface area (Å²) in [4.78, 5) is 17.0. The zero-order chi connectivity index (χ0) is 11.3. The van der Waals surface area contributed by atoms with Gasteiger partial charge in [-0.25, -0.2) is 4.98 Å². The minimum absolute atomic E-state index is 0.187. The first-order valence-corrected chi connectivity index (χ1v) is 4.49. The number of aromatic nitrogens is 3. The Balaban J connectivity index is 2.46. The zero-order valence-corrected chi connectivity index (χ0v) is 8.80. The second-order valence-corrected chi connectivity index (χ2v) is 3.19. The first-order valence-electron chi connectivity index (χ1n) is 4.49. The molecule has 0 aliphatic heterocycles. The Hall–Kier alpha value is -1.47. The third-order valence-corrected chi connectivity index (χ3v) is 1.89. The molecular formula is C8H15N5O2. The number of nitrogens with one attached hydrogen (secondary N) is 1. The molecule has 0 aliphatic rings. The number of H-pyrrole nitrogens is 1. The summed E-state index contributed by atoms with van der Waals surface area (Å²) in [7, 11) is 3.16. The first-order chi connectivity index (χ1) is 7.15. The monoisotopic (exact) mass is 213 g/mol. The fourth-order valence-corrected chi connectivity index (χ4v) is 1.14. The van der Waals surface area contributed by atoms with Crippen molar-refractivity contribution in [2.24, 2.45) is 5.73 Å². The predicted molar refractivity (Wildman–Crippen MR) is 52.7 cm³/mol. The molecule has 0 bridgehead atoms. The van der Waals surface area contributed by atoms with Crippen LogP contribution in [0.4, 0.5) is 0 Å². The molecule has 1 aromatic rings. The van der Waals surface area contributed by atoms with Crippen LogP contribution < -0.4 is 5.73 Å². The molecule has 1 unspecified atom stereocenters. The van der Waals surface area contributed by atoms with Crippen molar-refractivity contribution in [3.8, 4) is 0 Å². The molecule has 7 nitrogen and oxygen atoms in total. The van der Waals surface area contributed by atoms with Crippen LogP contribution in [-0.4, -0.2) is 52.8 Å². The Morgan fingerprint density at radius 1 is 1.80 bits per heavy atom. The lowest BCUT2D eigenvalue weighted by molar-refractivity contribution is -0.133. The highest BCUT2D eigenvalue weighted by Crippen LogP contribution is 1.97. The highest BCUT2D eigenvalue weighted by atomic mass is 16.5. The lowest BCUT2D eigenvalue weighted by atomic mass is 10.3. The van der Waals surface area contributed by atoms with E-state index in [0.29, 0.717) is 12.4 Å². The number of ether oxygens (including phenoxy) is 1. The third kappa shape index (κ3) is 3.30. The molecule has 1 aromatic heterocycles. The van der Waals surface area contributed by atoms with Crippen LogP contribution in [0.25, 0.3) is 0 Å². The van der Waals surface area contributed by atoms with Crippen molar-refractivity contribution >= 4 is 5.91 Å². The molecule has 0 saturated carbocycles. The van der Waals surface area contributed by atoms with E-state index in [-0.39, 0.29) is 12.5 Å².